The van der Waals surface area contributed by atoms with Gasteiger partial charge in [-0.05, 0) is 26.0 Å². The number of amides is 1. The second-order valence-corrected chi connectivity index (χ2v) is 7.86. The molecule has 2 aromatic rings. The number of hydrogen-bond acceptors (Lipinski definition) is 7. The summed E-state index contributed by atoms with van der Waals surface area (Å²) < 4.78 is 3.24. The number of carbonyl (C=O) groups excluding carboxylic acids is 1. The normalized spacial score (nSPS) is 14.9. The van der Waals surface area contributed by atoms with E-state index in [2.05, 4.69) is 29.4 Å². The predicted octanol–water partition coefficient (Wildman–Crippen LogP) is 1.33. The molecule has 0 atom stereocenters. The number of carbonyl (C=O) groups is 1. The summed E-state index contributed by atoms with van der Waals surface area (Å²) in [5.74, 6) is 4.02. The van der Waals surface area contributed by atoms with Gasteiger partial charge in [0, 0.05) is 39.6 Å². The number of unbranched alkanes of at least 4 members (excludes halogenated alkanes) is 1. The Labute approximate surface area is 188 Å². The zero-order chi connectivity index (χ0) is 23.8. The van der Waals surface area contributed by atoms with Crippen molar-refractivity contribution in [3.8, 4) is 0 Å². The van der Waals surface area contributed by atoms with E-state index in [9.17, 15) is 9.59 Å². The Bertz CT molecular complexity index is 1030. The molecule has 1 fully saturated rings. The fourth-order valence-corrected chi connectivity index (χ4v) is 3.73. The fraction of sp³-hybridized carbons (Fsp3) is 0.545. The smallest absolute Gasteiger partial charge is 0.275 e. The molecule has 3 N–H and O–H groups in total. The summed E-state index contributed by atoms with van der Waals surface area (Å²) in [7, 11) is 3.78. The van der Waals surface area contributed by atoms with Crippen LogP contribution in [0.5, 0.6) is 0 Å². The molecule has 10 nitrogen and oxygen atoms in total. The van der Waals surface area contributed by atoms with E-state index in [1.165, 1.54) is 0 Å². The van der Waals surface area contributed by atoms with Gasteiger partial charge in [0.1, 0.15) is 11.2 Å². The molecule has 1 saturated heterocycles. The molecule has 3 heterocycles. The van der Waals surface area contributed by atoms with Gasteiger partial charge in [-0.15, -0.1) is 0 Å². The third-order valence-electron chi connectivity index (χ3n) is 5.74. The third-order valence-corrected chi connectivity index (χ3v) is 5.74. The number of aromatic nitrogens is 4. The maximum Gasteiger partial charge on any atom is 0.275 e. The van der Waals surface area contributed by atoms with Gasteiger partial charge in [-0.2, -0.15) is 5.10 Å². The second kappa shape index (κ2) is 11.7. The molecule has 0 bridgehead atoms. The lowest BCUT2D eigenvalue weighted by atomic mass is 10.2. The van der Waals surface area contributed by atoms with Gasteiger partial charge in [0.25, 0.3) is 11.5 Å². The predicted molar refractivity (Wildman–Crippen MR) is 125 cm³/mol. The minimum absolute atomic E-state index is 0.199. The van der Waals surface area contributed by atoms with E-state index in [1.807, 2.05) is 20.0 Å². The summed E-state index contributed by atoms with van der Waals surface area (Å²) in [4.78, 5) is 35.5. The van der Waals surface area contributed by atoms with Crippen LogP contribution in [0.4, 0.5) is 0 Å². The van der Waals surface area contributed by atoms with Crippen LogP contribution in [0.1, 0.15) is 43.0 Å². The maximum atomic E-state index is 13.6. The maximum absolute atomic E-state index is 13.6. The minimum atomic E-state index is -0.210. The van der Waals surface area contributed by atoms with E-state index in [4.69, 9.17) is 10.2 Å². The number of aryl methyl sites for hydroxylation is 2. The molecule has 1 amide bonds. The van der Waals surface area contributed by atoms with E-state index < -0.39 is 0 Å². The highest BCUT2D eigenvalue weighted by Gasteiger charge is 2.28. The Morgan fingerprint density at radius 2 is 1.88 bits per heavy atom. The van der Waals surface area contributed by atoms with E-state index in [0.717, 1.165) is 37.3 Å². The summed E-state index contributed by atoms with van der Waals surface area (Å²) in [5.41, 5.74) is 1.40. The van der Waals surface area contributed by atoms with Crippen LogP contribution in [0.15, 0.2) is 29.1 Å². The highest BCUT2D eigenvalue weighted by molar-refractivity contribution is 6.03. The molecule has 3 rings (SSSR count). The Hall–Kier alpha value is -2.82. The molecule has 1 aliphatic heterocycles. The summed E-state index contributed by atoms with van der Waals surface area (Å²) in [6, 6.07) is 0. The lowest BCUT2D eigenvalue weighted by molar-refractivity contribution is 0.0659. The number of hydrogen-bond donors (Lipinski definition) is 2. The van der Waals surface area contributed by atoms with Crippen molar-refractivity contribution >= 4 is 16.9 Å². The quantitative estimate of drug-likeness (QED) is 0.487. The van der Waals surface area contributed by atoms with Crippen LogP contribution in [0.3, 0.4) is 0 Å². The zero-order valence-corrected chi connectivity index (χ0v) is 19.5. The van der Waals surface area contributed by atoms with Crippen molar-refractivity contribution in [3.63, 3.8) is 0 Å². The van der Waals surface area contributed by atoms with Crippen LogP contribution in [-0.4, -0.2) is 73.5 Å². The first-order valence-electron chi connectivity index (χ1n) is 10.9. The SMILES string of the molecule is C=C/C(=C\C)Cn1c(CCCC)nc2c(c(C(=O)N3CCN(C)CC3)nn2C)c1=O.NO. The average molecular weight is 446 g/mol. The molecule has 176 valence electrons. The van der Waals surface area contributed by atoms with Gasteiger partial charge >= 0.3 is 0 Å². The molecular weight excluding hydrogens is 410 g/mol. The number of nitrogens with zero attached hydrogens (tertiary/aromatic N) is 6. The van der Waals surface area contributed by atoms with Crippen molar-refractivity contribution in [3.05, 3.63) is 46.2 Å². The van der Waals surface area contributed by atoms with Gasteiger partial charge < -0.3 is 15.0 Å². The van der Waals surface area contributed by atoms with Crippen LogP contribution in [-0.2, 0) is 20.0 Å². The van der Waals surface area contributed by atoms with E-state index in [0.29, 0.717) is 37.1 Å². The standard InChI is InChI=1S/C22H32N6O2.H3NO/c1-6-9-10-17-23-20-18(21(29)28(17)15-16(7-2)8-3)19(24-26(20)5)22(30)27-13-11-25(4)12-14-27;1-2/h7-8H,2,6,9-15H2,1,3-5H3;2H,1H2/b16-8+;. The van der Waals surface area contributed by atoms with Crippen molar-refractivity contribution < 1.29 is 10.0 Å². The molecule has 0 spiro atoms. The number of likely N-dealkylation sites (N-methyl/N-ethyl adjacent to an activating group) is 1. The molecule has 0 unspecified atom stereocenters. The van der Waals surface area contributed by atoms with Crippen molar-refractivity contribution in [2.75, 3.05) is 33.2 Å². The van der Waals surface area contributed by atoms with Gasteiger partial charge in [0.15, 0.2) is 11.3 Å². The third kappa shape index (κ3) is 5.32. The van der Waals surface area contributed by atoms with Crippen LogP contribution in [0, 0.1) is 0 Å². The zero-order valence-electron chi connectivity index (χ0n) is 19.5. The van der Waals surface area contributed by atoms with Gasteiger partial charge in [-0.1, -0.05) is 32.1 Å². The highest BCUT2D eigenvalue weighted by Crippen LogP contribution is 2.18. The van der Waals surface area contributed by atoms with Crippen LogP contribution >= 0.6 is 0 Å². The molecule has 2 aromatic heterocycles. The summed E-state index contributed by atoms with van der Waals surface area (Å²) in [6.45, 7) is 11.1. The lowest BCUT2D eigenvalue weighted by Crippen LogP contribution is -2.47. The number of fused-ring (bicyclic) bond motifs is 1. The molecule has 0 aromatic carbocycles. The Balaban J connectivity index is 0.00000176. The molecule has 0 radical (unpaired) electrons. The van der Waals surface area contributed by atoms with E-state index in [-0.39, 0.29) is 17.2 Å². The average Bonchev–Trinajstić information content (AvgIpc) is 3.15. The second-order valence-electron chi connectivity index (χ2n) is 7.86. The fourth-order valence-electron chi connectivity index (χ4n) is 3.73. The topological polar surface area (TPSA) is 123 Å². The van der Waals surface area contributed by atoms with E-state index >= 15 is 0 Å². The monoisotopic (exact) mass is 445 g/mol. The number of piperazine rings is 1. The lowest BCUT2D eigenvalue weighted by Gasteiger charge is -2.31. The van der Waals surface area contributed by atoms with Gasteiger partial charge in [-0.3, -0.25) is 14.2 Å². The number of allylic oxidation sites excluding steroid dienone is 3. The van der Waals surface area contributed by atoms with Crippen LogP contribution in [0.25, 0.3) is 11.0 Å². The minimum Gasteiger partial charge on any atom is -0.335 e. The van der Waals surface area contributed by atoms with Crippen LogP contribution in [0.2, 0.25) is 0 Å². The Morgan fingerprint density at radius 3 is 2.44 bits per heavy atom. The molecule has 0 saturated carbocycles. The molecule has 10 heteroatoms. The first-order chi connectivity index (χ1) is 15.4. The number of rotatable bonds is 7. The van der Waals surface area contributed by atoms with Gasteiger partial charge in [-0.25, -0.2) is 15.6 Å². The van der Waals surface area contributed by atoms with Crippen LogP contribution < -0.4 is 11.5 Å². The van der Waals surface area contributed by atoms with Gasteiger partial charge in [0.2, 0.25) is 0 Å². The largest absolute Gasteiger partial charge is 0.335 e. The van der Waals surface area contributed by atoms with Crippen molar-refractivity contribution in [1.29, 1.82) is 0 Å². The summed E-state index contributed by atoms with van der Waals surface area (Å²) >= 11 is 0. The van der Waals surface area contributed by atoms with Crippen molar-refractivity contribution in [2.24, 2.45) is 12.9 Å². The van der Waals surface area contributed by atoms with Gasteiger partial charge in [0.05, 0.1) is 6.54 Å². The number of nitrogens with two attached hydrogens (primary N) is 1. The summed E-state index contributed by atoms with van der Waals surface area (Å²) in [5, 5.41) is 11.2. The van der Waals surface area contributed by atoms with Crippen molar-refractivity contribution in [2.45, 2.75) is 39.7 Å². The molecular formula is C22H35N7O3. The Kier molecular flexibility index (Phi) is 9.30. The molecule has 0 aliphatic carbocycles. The van der Waals surface area contributed by atoms with E-state index in [1.54, 1.807) is 27.3 Å². The summed E-state index contributed by atoms with van der Waals surface area (Å²) in [6.07, 6.45) is 6.32. The molecule has 1 aliphatic rings. The Morgan fingerprint density at radius 1 is 1.22 bits per heavy atom. The highest BCUT2D eigenvalue weighted by atomic mass is 16.4. The first kappa shape index (κ1) is 25.4. The first-order valence-corrected chi connectivity index (χ1v) is 10.9. The van der Waals surface area contributed by atoms with Crippen molar-refractivity contribution in [1.82, 2.24) is 29.1 Å². The molecule has 32 heavy (non-hydrogen) atoms.